The van der Waals surface area contributed by atoms with Crippen LogP contribution in [0.25, 0.3) is 11.1 Å². The summed E-state index contributed by atoms with van der Waals surface area (Å²) in [5.41, 5.74) is 2.69. The molecule has 1 fully saturated rings. The Kier molecular flexibility index (Phi) is 8.66. The molecule has 0 saturated carbocycles. The van der Waals surface area contributed by atoms with Gasteiger partial charge < -0.3 is 15.4 Å². The van der Waals surface area contributed by atoms with Crippen molar-refractivity contribution in [1.29, 1.82) is 0 Å². The highest BCUT2D eigenvalue weighted by molar-refractivity contribution is 5.93. The quantitative estimate of drug-likeness (QED) is 0.401. The molecule has 7 heteroatoms. The van der Waals surface area contributed by atoms with Gasteiger partial charge in [-0.25, -0.2) is 4.39 Å². The molecule has 1 saturated heterocycles. The van der Waals surface area contributed by atoms with Crippen LogP contribution in [0.15, 0.2) is 60.8 Å². The van der Waals surface area contributed by atoms with Crippen molar-refractivity contribution in [3.05, 3.63) is 83.4 Å². The maximum atomic E-state index is 16.0. The lowest BCUT2D eigenvalue weighted by Gasteiger charge is -2.25. The van der Waals surface area contributed by atoms with Crippen molar-refractivity contribution in [3.63, 3.8) is 0 Å². The SMILES string of the molecule is COc1cccnc1CCC(=O)C(NC(=O)C1CCCN1)c1ccc(C(C)C)c(F)c1-c1ccccc1. The average Bonchev–Trinajstić information content (AvgIpc) is 3.46. The highest BCUT2D eigenvalue weighted by Crippen LogP contribution is 2.36. The van der Waals surface area contributed by atoms with Gasteiger partial charge in [-0.05, 0) is 54.1 Å². The zero-order valence-corrected chi connectivity index (χ0v) is 21.6. The number of nitrogens with zero attached hydrogens (tertiary/aromatic N) is 1. The Labute approximate surface area is 217 Å². The fourth-order valence-electron chi connectivity index (χ4n) is 4.86. The van der Waals surface area contributed by atoms with Crippen LogP contribution < -0.4 is 15.4 Å². The molecule has 1 amide bonds. The second-order valence-electron chi connectivity index (χ2n) is 9.66. The van der Waals surface area contributed by atoms with E-state index in [2.05, 4.69) is 15.6 Å². The number of hydrogen-bond donors (Lipinski definition) is 2. The molecule has 1 aliphatic heterocycles. The number of nitrogens with one attached hydrogen (secondary N) is 2. The van der Waals surface area contributed by atoms with Crippen LogP contribution in [0, 0.1) is 5.82 Å². The molecule has 1 aromatic heterocycles. The minimum Gasteiger partial charge on any atom is -0.495 e. The summed E-state index contributed by atoms with van der Waals surface area (Å²) in [6.45, 7) is 4.62. The Bertz CT molecular complexity index is 1240. The van der Waals surface area contributed by atoms with E-state index in [1.54, 1.807) is 37.6 Å². The molecule has 0 bridgehead atoms. The molecule has 2 unspecified atom stereocenters. The summed E-state index contributed by atoms with van der Waals surface area (Å²) in [6.07, 6.45) is 3.69. The molecule has 2 atom stereocenters. The van der Waals surface area contributed by atoms with Crippen molar-refractivity contribution in [2.45, 2.75) is 57.5 Å². The van der Waals surface area contributed by atoms with Crippen molar-refractivity contribution in [2.75, 3.05) is 13.7 Å². The van der Waals surface area contributed by atoms with E-state index in [1.165, 1.54) is 0 Å². The van der Waals surface area contributed by atoms with Gasteiger partial charge in [0, 0.05) is 24.6 Å². The van der Waals surface area contributed by atoms with Crippen molar-refractivity contribution in [1.82, 2.24) is 15.6 Å². The second kappa shape index (κ2) is 12.1. The van der Waals surface area contributed by atoms with Gasteiger partial charge in [0.25, 0.3) is 0 Å². The number of ether oxygens (including phenoxy) is 1. The van der Waals surface area contributed by atoms with Gasteiger partial charge in [-0.15, -0.1) is 0 Å². The number of rotatable bonds is 10. The first-order valence-electron chi connectivity index (χ1n) is 12.8. The smallest absolute Gasteiger partial charge is 0.237 e. The van der Waals surface area contributed by atoms with Crippen LogP contribution in [-0.4, -0.2) is 36.4 Å². The van der Waals surface area contributed by atoms with Crippen molar-refractivity contribution >= 4 is 11.7 Å². The normalized spacial score (nSPS) is 16.0. The molecule has 0 radical (unpaired) electrons. The molecule has 4 rings (SSSR count). The lowest BCUT2D eigenvalue weighted by molar-refractivity contribution is -0.129. The number of Topliss-reactive ketones (excluding diaryl/α,β-unsaturated/α-hetero) is 1. The van der Waals surface area contributed by atoms with E-state index < -0.39 is 6.04 Å². The number of aryl methyl sites for hydroxylation is 1. The molecule has 2 aromatic carbocycles. The molecule has 3 aromatic rings. The number of carbonyl (C=O) groups excluding carboxylic acids is 2. The van der Waals surface area contributed by atoms with Gasteiger partial charge in [-0.1, -0.05) is 56.3 Å². The van der Waals surface area contributed by atoms with Gasteiger partial charge in [0.15, 0.2) is 5.78 Å². The van der Waals surface area contributed by atoms with E-state index in [1.807, 2.05) is 44.2 Å². The molecule has 2 heterocycles. The second-order valence-corrected chi connectivity index (χ2v) is 9.66. The molecule has 2 N–H and O–H groups in total. The number of carbonyl (C=O) groups is 2. The maximum Gasteiger partial charge on any atom is 0.237 e. The number of amides is 1. The number of methoxy groups -OCH3 is 1. The fraction of sp³-hybridized carbons (Fsp3) is 0.367. The highest BCUT2D eigenvalue weighted by Gasteiger charge is 2.31. The predicted octanol–water partition coefficient (Wildman–Crippen LogP) is 5.13. The Hall–Kier alpha value is -3.58. The molecule has 0 spiro atoms. The summed E-state index contributed by atoms with van der Waals surface area (Å²) in [5, 5.41) is 6.14. The van der Waals surface area contributed by atoms with E-state index in [0.29, 0.717) is 46.5 Å². The molecule has 1 aliphatic rings. The highest BCUT2D eigenvalue weighted by atomic mass is 19.1. The van der Waals surface area contributed by atoms with E-state index in [9.17, 15) is 9.59 Å². The molecule has 0 aliphatic carbocycles. The molecular formula is C30H34FN3O3. The van der Waals surface area contributed by atoms with Crippen LogP contribution in [0.5, 0.6) is 5.75 Å². The fourth-order valence-corrected chi connectivity index (χ4v) is 4.86. The number of aromatic nitrogens is 1. The van der Waals surface area contributed by atoms with Crippen LogP contribution in [0.4, 0.5) is 4.39 Å². The third-order valence-electron chi connectivity index (χ3n) is 6.86. The van der Waals surface area contributed by atoms with Gasteiger partial charge in [0.1, 0.15) is 17.6 Å². The van der Waals surface area contributed by atoms with Crippen LogP contribution in [0.3, 0.4) is 0 Å². The topological polar surface area (TPSA) is 80.3 Å². The third-order valence-corrected chi connectivity index (χ3v) is 6.86. The third kappa shape index (κ3) is 6.05. The number of halogens is 1. The van der Waals surface area contributed by atoms with Crippen LogP contribution >= 0.6 is 0 Å². The summed E-state index contributed by atoms with van der Waals surface area (Å²) < 4.78 is 21.4. The lowest BCUT2D eigenvalue weighted by Crippen LogP contribution is -2.44. The average molecular weight is 504 g/mol. The summed E-state index contributed by atoms with van der Waals surface area (Å²) in [6, 6.07) is 14.9. The monoisotopic (exact) mass is 503 g/mol. The van der Waals surface area contributed by atoms with Gasteiger partial charge in [-0.3, -0.25) is 14.6 Å². The number of benzene rings is 2. The Balaban J connectivity index is 1.74. The van der Waals surface area contributed by atoms with Crippen LogP contribution in [-0.2, 0) is 16.0 Å². The van der Waals surface area contributed by atoms with Crippen molar-refractivity contribution in [2.24, 2.45) is 0 Å². The number of hydrogen-bond acceptors (Lipinski definition) is 5. The number of pyridine rings is 1. The first-order chi connectivity index (χ1) is 17.9. The summed E-state index contributed by atoms with van der Waals surface area (Å²) >= 11 is 0. The van der Waals surface area contributed by atoms with Gasteiger partial charge >= 0.3 is 0 Å². The zero-order chi connectivity index (χ0) is 26.4. The van der Waals surface area contributed by atoms with Crippen LogP contribution in [0.1, 0.15) is 61.9 Å². The first-order valence-corrected chi connectivity index (χ1v) is 12.8. The van der Waals surface area contributed by atoms with E-state index in [4.69, 9.17) is 4.74 Å². The summed E-state index contributed by atoms with van der Waals surface area (Å²) in [4.78, 5) is 31.3. The maximum absolute atomic E-state index is 16.0. The number of ketones is 1. The Morgan fingerprint density at radius 3 is 2.54 bits per heavy atom. The van der Waals surface area contributed by atoms with Gasteiger partial charge in [-0.2, -0.15) is 0 Å². The summed E-state index contributed by atoms with van der Waals surface area (Å²) in [5.74, 6) is -0.273. The van der Waals surface area contributed by atoms with Crippen molar-refractivity contribution < 1.29 is 18.7 Å². The van der Waals surface area contributed by atoms with Crippen LogP contribution in [0.2, 0.25) is 0 Å². The van der Waals surface area contributed by atoms with E-state index in [0.717, 1.165) is 13.0 Å². The molecule has 194 valence electrons. The Morgan fingerprint density at radius 1 is 1.11 bits per heavy atom. The standard InChI is InChI=1S/C30H34FN3O3/c1-19(2)21-13-14-22(27(28(21)31)20-9-5-4-6-10-20)29(34-30(36)24-11-7-17-33-24)25(35)16-15-23-26(37-3)12-8-18-32-23/h4-6,8-10,12-14,18-19,24,29,33H,7,11,15-17H2,1-3H3,(H,34,36). The van der Waals surface area contributed by atoms with Gasteiger partial charge in [0.05, 0.1) is 18.8 Å². The molecule has 6 nitrogen and oxygen atoms in total. The minimum absolute atomic E-state index is 0.0421. The van der Waals surface area contributed by atoms with E-state index >= 15 is 4.39 Å². The van der Waals surface area contributed by atoms with Gasteiger partial charge in [0.2, 0.25) is 5.91 Å². The largest absolute Gasteiger partial charge is 0.495 e. The Morgan fingerprint density at radius 2 is 1.86 bits per heavy atom. The zero-order valence-electron chi connectivity index (χ0n) is 21.6. The molecular weight excluding hydrogens is 469 g/mol. The first kappa shape index (κ1) is 26.5. The van der Waals surface area contributed by atoms with Crippen molar-refractivity contribution in [3.8, 4) is 16.9 Å². The summed E-state index contributed by atoms with van der Waals surface area (Å²) in [7, 11) is 1.56. The van der Waals surface area contributed by atoms with E-state index in [-0.39, 0.29) is 35.9 Å². The lowest BCUT2D eigenvalue weighted by atomic mass is 9.87. The predicted molar refractivity (Wildman–Crippen MR) is 142 cm³/mol. The minimum atomic E-state index is -1.00. The molecule has 37 heavy (non-hydrogen) atoms.